The van der Waals surface area contributed by atoms with Gasteiger partial charge in [-0.25, -0.2) is 0 Å². The molecule has 0 radical (unpaired) electrons. The molecular formula is C15H12N4O. The fourth-order valence-corrected chi connectivity index (χ4v) is 1.84. The van der Waals surface area contributed by atoms with Gasteiger partial charge in [0.1, 0.15) is 5.75 Å². The molecule has 0 fully saturated rings. The first-order valence-electron chi connectivity index (χ1n) is 6.11. The predicted molar refractivity (Wildman–Crippen MR) is 78.9 cm³/mol. The van der Waals surface area contributed by atoms with Crippen molar-refractivity contribution in [3.63, 3.8) is 0 Å². The lowest BCUT2D eigenvalue weighted by atomic mass is 10.2. The fraction of sp³-hybridized carbons (Fsp3) is 0. The first-order chi connectivity index (χ1) is 9.83. The van der Waals surface area contributed by atoms with E-state index < -0.39 is 0 Å². The minimum Gasteiger partial charge on any atom is -0.508 e. The van der Waals surface area contributed by atoms with Crippen LogP contribution in [0.2, 0.25) is 0 Å². The van der Waals surface area contributed by atoms with Crippen LogP contribution >= 0.6 is 0 Å². The number of hydrogen-bond acceptors (Lipinski definition) is 5. The number of hydrogen-bond donors (Lipinski definition) is 2. The van der Waals surface area contributed by atoms with Gasteiger partial charge in [0.2, 0.25) is 0 Å². The minimum atomic E-state index is 0.232. The van der Waals surface area contributed by atoms with Crippen molar-refractivity contribution in [3.8, 4) is 5.75 Å². The smallest absolute Gasteiger partial charge is 0.176 e. The molecule has 0 spiro atoms. The number of fused-ring (bicyclic) bond motifs is 1. The number of aromatic nitrogens is 2. The molecule has 0 bridgehead atoms. The zero-order valence-corrected chi connectivity index (χ0v) is 10.6. The van der Waals surface area contributed by atoms with Crippen molar-refractivity contribution in [1.29, 1.82) is 0 Å². The van der Waals surface area contributed by atoms with Crippen molar-refractivity contribution in [3.05, 3.63) is 60.3 Å². The number of rotatable bonds is 3. The van der Waals surface area contributed by atoms with Crippen LogP contribution in [0.15, 0.2) is 59.8 Å². The Balaban J connectivity index is 1.81. The molecule has 0 amide bonds. The van der Waals surface area contributed by atoms with Crippen molar-refractivity contribution in [2.45, 2.75) is 0 Å². The summed E-state index contributed by atoms with van der Waals surface area (Å²) in [5.41, 5.74) is 3.76. The van der Waals surface area contributed by atoms with E-state index in [1.165, 1.54) is 0 Å². The lowest BCUT2D eigenvalue weighted by molar-refractivity contribution is 0.475. The van der Waals surface area contributed by atoms with E-state index in [-0.39, 0.29) is 5.75 Å². The molecule has 98 valence electrons. The normalized spacial score (nSPS) is 11.0. The van der Waals surface area contributed by atoms with Crippen molar-refractivity contribution < 1.29 is 5.11 Å². The van der Waals surface area contributed by atoms with Crippen LogP contribution in [-0.4, -0.2) is 21.5 Å². The highest BCUT2D eigenvalue weighted by Crippen LogP contribution is 2.19. The number of anilines is 1. The third kappa shape index (κ3) is 2.56. The maximum atomic E-state index is 9.20. The van der Waals surface area contributed by atoms with E-state index in [4.69, 9.17) is 0 Å². The molecule has 0 saturated carbocycles. The molecule has 3 rings (SSSR count). The molecule has 0 saturated heterocycles. The monoisotopic (exact) mass is 264 g/mol. The highest BCUT2D eigenvalue weighted by Gasteiger charge is 2.00. The van der Waals surface area contributed by atoms with Crippen LogP contribution in [0.1, 0.15) is 5.56 Å². The van der Waals surface area contributed by atoms with E-state index in [1.54, 1.807) is 36.7 Å². The van der Waals surface area contributed by atoms with Gasteiger partial charge in [-0.1, -0.05) is 24.3 Å². The van der Waals surface area contributed by atoms with E-state index in [2.05, 4.69) is 20.7 Å². The topological polar surface area (TPSA) is 70.4 Å². The van der Waals surface area contributed by atoms with Crippen LogP contribution in [0.5, 0.6) is 5.75 Å². The second kappa shape index (κ2) is 5.36. The maximum absolute atomic E-state index is 9.20. The molecule has 5 nitrogen and oxygen atoms in total. The van der Waals surface area contributed by atoms with Gasteiger partial charge in [-0.05, 0) is 29.8 Å². The molecule has 1 aromatic heterocycles. The summed E-state index contributed by atoms with van der Waals surface area (Å²) >= 11 is 0. The molecule has 0 unspecified atom stereocenters. The molecule has 0 aliphatic rings. The summed E-state index contributed by atoms with van der Waals surface area (Å²) in [6.07, 6.45) is 3.37. The van der Waals surface area contributed by atoms with E-state index in [0.29, 0.717) is 5.82 Å². The third-order valence-electron chi connectivity index (χ3n) is 2.85. The highest BCUT2D eigenvalue weighted by atomic mass is 16.3. The Morgan fingerprint density at radius 3 is 2.70 bits per heavy atom. The first kappa shape index (κ1) is 12.1. The molecule has 2 N–H and O–H groups in total. The molecule has 2 aromatic carbocycles. The van der Waals surface area contributed by atoms with E-state index in [1.807, 2.05) is 24.3 Å². The Labute approximate surface area is 115 Å². The summed E-state index contributed by atoms with van der Waals surface area (Å²) in [7, 11) is 0. The van der Waals surface area contributed by atoms with Gasteiger partial charge in [-0.3, -0.25) is 5.43 Å². The summed E-state index contributed by atoms with van der Waals surface area (Å²) in [6, 6.07) is 14.6. The average Bonchev–Trinajstić information content (AvgIpc) is 2.49. The summed E-state index contributed by atoms with van der Waals surface area (Å²) in [5, 5.41) is 23.3. The number of nitrogens with one attached hydrogen (secondary N) is 1. The number of hydrazone groups is 1. The summed E-state index contributed by atoms with van der Waals surface area (Å²) in [5.74, 6) is 0.841. The largest absolute Gasteiger partial charge is 0.508 e. The second-order valence-electron chi connectivity index (χ2n) is 4.24. The van der Waals surface area contributed by atoms with Gasteiger partial charge in [0.05, 0.1) is 12.4 Å². The SMILES string of the molecule is Oc1ccc(C=NNc2nncc3ccccc23)cc1. The molecule has 0 aliphatic heterocycles. The average molecular weight is 264 g/mol. The number of aromatic hydroxyl groups is 1. The third-order valence-corrected chi connectivity index (χ3v) is 2.85. The Morgan fingerprint density at radius 2 is 1.85 bits per heavy atom. The lowest BCUT2D eigenvalue weighted by Crippen LogP contribution is -1.96. The van der Waals surface area contributed by atoms with Gasteiger partial charge in [0.25, 0.3) is 0 Å². The molecule has 5 heteroatoms. The molecule has 20 heavy (non-hydrogen) atoms. The molecule has 3 aromatic rings. The minimum absolute atomic E-state index is 0.232. The van der Waals surface area contributed by atoms with Crippen molar-refractivity contribution in [1.82, 2.24) is 10.2 Å². The number of phenolic OH excluding ortho intramolecular Hbond substituents is 1. The van der Waals surface area contributed by atoms with Crippen molar-refractivity contribution in [2.75, 3.05) is 5.43 Å². The van der Waals surface area contributed by atoms with Crippen molar-refractivity contribution >= 4 is 22.8 Å². The van der Waals surface area contributed by atoms with Crippen molar-refractivity contribution in [2.24, 2.45) is 5.10 Å². The molecule has 0 atom stereocenters. The Morgan fingerprint density at radius 1 is 1.05 bits per heavy atom. The number of benzene rings is 2. The number of nitrogens with zero attached hydrogens (tertiary/aromatic N) is 3. The quantitative estimate of drug-likeness (QED) is 0.563. The Kier molecular flexibility index (Phi) is 3.24. The van der Waals surface area contributed by atoms with Crippen LogP contribution in [0.25, 0.3) is 10.8 Å². The van der Waals surface area contributed by atoms with Crippen LogP contribution in [0, 0.1) is 0 Å². The highest BCUT2D eigenvalue weighted by molar-refractivity contribution is 5.91. The van der Waals surface area contributed by atoms with Gasteiger partial charge in [-0.15, -0.1) is 5.10 Å². The van der Waals surface area contributed by atoms with E-state index >= 15 is 0 Å². The molecule has 1 heterocycles. The van der Waals surface area contributed by atoms with E-state index in [0.717, 1.165) is 16.3 Å². The van der Waals surface area contributed by atoms with Gasteiger partial charge >= 0.3 is 0 Å². The summed E-state index contributed by atoms with van der Waals surface area (Å²) in [6.45, 7) is 0. The maximum Gasteiger partial charge on any atom is 0.176 e. The lowest BCUT2D eigenvalue weighted by Gasteiger charge is -2.02. The van der Waals surface area contributed by atoms with Gasteiger partial charge in [0, 0.05) is 10.8 Å². The van der Waals surface area contributed by atoms with E-state index in [9.17, 15) is 5.11 Å². The fourth-order valence-electron chi connectivity index (χ4n) is 1.84. The van der Waals surface area contributed by atoms with Crippen LogP contribution in [-0.2, 0) is 0 Å². The predicted octanol–water partition coefficient (Wildman–Crippen LogP) is 2.78. The first-order valence-corrected chi connectivity index (χ1v) is 6.11. The molecular weight excluding hydrogens is 252 g/mol. The van der Waals surface area contributed by atoms with Crippen LogP contribution < -0.4 is 5.43 Å². The number of phenols is 1. The van der Waals surface area contributed by atoms with Crippen LogP contribution in [0.3, 0.4) is 0 Å². The standard InChI is InChI=1S/C15H12N4O/c20-13-7-5-11(6-8-13)9-16-18-15-14-4-2-1-3-12(14)10-17-19-15/h1-10,20H,(H,18,19). The summed E-state index contributed by atoms with van der Waals surface area (Å²) in [4.78, 5) is 0. The van der Waals surface area contributed by atoms with Gasteiger partial charge < -0.3 is 5.11 Å². The summed E-state index contributed by atoms with van der Waals surface area (Å²) < 4.78 is 0. The second-order valence-corrected chi connectivity index (χ2v) is 4.24. The molecule has 0 aliphatic carbocycles. The zero-order valence-electron chi connectivity index (χ0n) is 10.6. The zero-order chi connectivity index (χ0) is 13.8. The van der Waals surface area contributed by atoms with Gasteiger partial charge in [-0.2, -0.15) is 10.2 Å². The van der Waals surface area contributed by atoms with Crippen LogP contribution in [0.4, 0.5) is 5.82 Å². The Bertz CT molecular complexity index is 748. The Hall–Kier alpha value is -2.95. The van der Waals surface area contributed by atoms with Gasteiger partial charge in [0.15, 0.2) is 5.82 Å².